The maximum atomic E-state index is 12.5. The normalized spacial score (nSPS) is 10.8. The van der Waals surface area contributed by atoms with E-state index >= 15 is 0 Å². The highest BCUT2D eigenvalue weighted by Crippen LogP contribution is 2.26. The third-order valence-electron chi connectivity index (χ3n) is 5.08. The van der Waals surface area contributed by atoms with Crippen molar-refractivity contribution in [2.45, 2.75) is 31.5 Å². The Morgan fingerprint density at radius 3 is 2.49 bits per heavy atom. The molecule has 9 heteroatoms. The van der Waals surface area contributed by atoms with Crippen molar-refractivity contribution in [2.24, 2.45) is 0 Å². The van der Waals surface area contributed by atoms with Gasteiger partial charge in [-0.05, 0) is 54.4 Å². The van der Waals surface area contributed by atoms with E-state index in [1.165, 1.54) is 17.3 Å². The first-order chi connectivity index (χ1) is 17.0. The van der Waals surface area contributed by atoms with Crippen LogP contribution in [0.1, 0.15) is 24.7 Å². The molecule has 1 amide bonds. The molecule has 35 heavy (non-hydrogen) atoms. The molecular formula is C26H24Cl2N4O2S. The summed E-state index contributed by atoms with van der Waals surface area (Å²) in [4.78, 5) is 12.5. The van der Waals surface area contributed by atoms with Crippen molar-refractivity contribution in [3.8, 4) is 11.4 Å². The van der Waals surface area contributed by atoms with Gasteiger partial charge in [0.2, 0.25) is 5.91 Å². The number of carbonyl (C=O) groups is 1. The number of ether oxygens (including phenoxy) is 1. The number of aryl methyl sites for hydroxylation is 1. The van der Waals surface area contributed by atoms with Crippen molar-refractivity contribution < 1.29 is 9.53 Å². The molecule has 0 aliphatic heterocycles. The largest absolute Gasteiger partial charge is 0.486 e. The lowest BCUT2D eigenvalue weighted by Crippen LogP contribution is -2.14. The second kappa shape index (κ2) is 12.1. The average Bonchev–Trinajstić information content (AvgIpc) is 3.28. The first-order valence-corrected chi connectivity index (χ1v) is 12.9. The van der Waals surface area contributed by atoms with E-state index in [9.17, 15) is 4.79 Å². The summed E-state index contributed by atoms with van der Waals surface area (Å²) in [6, 6.07) is 22.8. The summed E-state index contributed by atoms with van der Waals surface area (Å²) in [7, 11) is 0. The van der Waals surface area contributed by atoms with Crippen molar-refractivity contribution in [3.63, 3.8) is 0 Å². The van der Waals surface area contributed by atoms with Crippen LogP contribution < -0.4 is 10.1 Å². The predicted molar refractivity (Wildman–Crippen MR) is 142 cm³/mol. The number of nitrogens with zero attached hydrogens (tertiary/aromatic N) is 3. The van der Waals surface area contributed by atoms with Gasteiger partial charge in [0, 0.05) is 11.4 Å². The number of halogens is 2. The fraction of sp³-hybridized carbons (Fsp3) is 0.192. The Kier molecular flexibility index (Phi) is 8.69. The van der Waals surface area contributed by atoms with Crippen molar-refractivity contribution in [1.82, 2.24) is 14.8 Å². The highest BCUT2D eigenvalue weighted by molar-refractivity contribution is 7.99. The zero-order chi connectivity index (χ0) is 24.6. The lowest BCUT2D eigenvalue weighted by molar-refractivity contribution is -0.113. The molecule has 0 spiro atoms. The Morgan fingerprint density at radius 1 is 1.00 bits per heavy atom. The lowest BCUT2D eigenvalue weighted by atomic mass is 10.1. The number of rotatable bonds is 10. The molecule has 0 radical (unpaired) electrons. The zero-order valence-corrected chi connectivity index (χ0v) is 21.4. The van der Waals surface area contributed by atoms with Gasteiger partial charge < -0.3 is 10.1 Å². The SMILES string of the molecule is CCCc1ccc(OCc2nnc(SCC(=O)Nc3ccc(Cl)c(Cl)c3)n2-c2ccccc2)cc1. The summed E-state index contributed by atoms with van der Waals surface area (Å²) in [6.07, 6.45) is 2.15. The van der Waals surface area contributed by atoms with Crippen LogP contribution >= 0.6 is 35.0 Å². The van der Waals surface area contributed by atoms with Gasteiger partial charge in [0.05, 0.1) is 15.8 Å². The molecule has 0 saturated heterocycles. The van der Waals surface area contributed by atoms with E-state index in [1.54, 1.807) is 18.2 Å². The molecular weight excluding hydrogens is 503 g/mol. The number of hydrogen-bond donors (Lipinski definition) is 1. The number of amides is 1. The summed E-state index contributed by atoms with van der Waals surface area (Å²) in [5, 5.41) is 12.9. The van der Waals surface area contributed by atoms with E-state index in [4.69, 9.17) is 27.9 Å². The Balaban J connectivity index is 1.46. The van der Waals surface area contributed by atoms with Gasteiger partial charge in [-0.1, -0.05) is 78.6 Å². The van der Waals surface area contributed by atoms with Crippen LogP contribution in [0.25, 0.3) is 5.69 Å². The van der Waals surface area contributed by atoms with Crippen LogP contribution in [0.5, 0.6) is 5.75 Å². The Bertz CT molecular complexity index is 1280. The molecule has 180 valence electrons. The number of thioether (sulfide) groups is 1. The van der Waals surface area contributed by atoms with Crippen molar-refractivity contribution in [3.05, 3.63) is 94.2 Å². The average molecular weight is 527 g/mol. The molecule has 4 aromatic rings. The van der Waals surface area contributed by atoms with Crippen LogP contribution in [-0.4, -0.2) is 26.4 Å². The van der Waals surface area contributed by atoms with Crippen molar-refractivity contribution >= 4 is 46.6 Å². The van der Waals surface area contributed by atoms with Gasteiger partial charge in [0.25, 0.3) is 0 Å². The molecule has 0 fully saturated rings. The molecule has 6 nitrogen and oxygen atoms in total. The van der Waals surface area contributed by atoms with Crippen LogP contribution in [0.4, 0.5) is 5.69 Å². The minimum Gasteiger partial charge on any atom is -0.486 e. The Hall–Kier alpha value is -3.00. The smallest absolute Gasteiger partial charge is 0.234 e. The van der Waals surface area contributed by atoms with Crippen LogP contribution in [0.15, 0.2) is 78.0 Å². The summed E-state index contributed by atoms with van der Waals surface area (Å²) >= 11 is 13.3. The van der Waals surface area contributed by atoms with Gasteiger partial charge in [0.1, 0.15) is 12.4 Å². The standard InChI is InChI=1S/C26H24Cl2N4O2S/c1-2-6-18-9-12-21(13-10-18)34-16-24-30-31-26(32(24)20-7-4-3-5-8-20)35-17-25(33)29-19-11-14-22(27)23(28)15-19/h3-5,7-15H,2,6,16-17H2,1H3,(H,29,33). The topological polar surface area (TPSA) is 69.0 Å². The molecule has 0 saturated carbocycles. The molecule has 1 N–H and O–H groups in total. The molecule has 0 aliphatic carbocycles. The fourth-order valence-electron chi connectivity index (χ4n) is 3.41. The number of aromatic nitrogens is 3. The van der Waals surface area contributed by atoms with Gasteiger partial charge in [-0.15, -0.1) is 10.2 Å². The van der Waals surface area contributed by atoms with Crippen molar-refractivity contribution in [2.75, 3.05) is 11.1 Å². The van der Waals surface area contributed by atoms with Gasteiger partial charge in [-0.2, -0.15) is 0 Å². The summed E-state index contributed by atoms with van der Waals surface area (Å²) in [5.74, 6) is 1.36. The lowest BCUT2D eigenvalue weighted by Gasteiger charge is -2.11. The number of hydrogen-bond acceptors (Lipinski definition) is 5. The maximum absolute atomic E-state index is 12.5. The highest BCUT2D eigenvalue weighted by Gasteiger charge is 2.17. The number of para-hydroxylation sites is 1. The second-order valence-corrected chi connectivity index (χ2v) is 9.48. The molecule has 0 unspecified atom stereocenters. The number of nitrogens with one attached hydrogen (secondary N) is 1. The Labute approximate surface area is 218 Å². The first kappa shape index (κ1) is 25.1. The predicted octanol–water partition coefficient (Wildman–Crippen LogP) is 6.84. The molecule has 1 aromatic heterocycles. The van der Waals surface area contributed by atoms with Crippen LogP contribution in [0.3, 0.4) is 0 Å². The molecule has 0 atom stereocenters. The fourth-order valence-corrected chi connectivity index (χ4v) is 4.48. The van der Waals surface area contributed by atoms with Crippen molar-refractivity contribution in [1.29, 1.82) is 0 Å². The molecule has 1 heterocycles. The monoisotopic (exact) mass is 526 g/mol. The third kappa shape index (κ3) is 6.78. The second-order valence-electron chi connectivity index (χ2n) is 7.72. The molecule has 4 rings (SSSR count). The quantitative estimate of drug-likeness (QED) is 0.229. The van der Waals surface area contributed by atoms with E-state index in [0.29, 0.717) is 26.7 Å². The summed E-state index contributed by atoms with van der Waals surface area (Å²) in [6.45, 7) is 2.40. The van der Waals surface area contributed by atoms with Gasteiger partial charge in [-0.3, -0.25) is 9.36 Å². The summed E-state index contributed by atoms with van der Waals surface area (Å²) in [5.41, 5.74) is 2.75. The number of carbonyl (C=O) groups excluding carboxylic acids is 1. The molecule has 0 bridgehead atoms. The van der Waals surface area contributed by atoms with Gasteiger partial charge >= 0.3 is 0 Å². The maximum Gasteiger partial charge on any atom is 0.234 e. The highest BCUT2D eigenvalue weighted by atomic mass is 35.5. The van der Waals surface area contributed by atoms with Gasteiger partial charge in [0.15, 0.2) is 11.0 Å². The number of benzene rings is 3. The van der Waals surface area contributed by atoms with E-state index in [0.717, 1.165) is 24.3 Å². The van der Waals surface area contributed by atoms with Crippen LogP contribution in [0, 0.1) is 0 Å². The zero-order valence-electron chi connectivity index (χ0n) is 19.1. The third-order valence-corrected chi connectivity index (χ3v) is 6.75. The minimum absolute atomic E-state index is 0.144. The molecule has 3 aromatic carbocycles. The Morgan fingerprint density at radius 2 is 1.77 bits per heavy atom. The van der Waals surface area contributed by atoms with Crippen LogP contribution in [-0.2, 0) is 17.8 Å². The minimum atomic E-state index is -0.194. The van der Waals surface area contributed by atoms with Crippen LogP contribution in [0.2, 0.25) is 10.0 Å². The van der Waals surface area contributed by atoms with E-state index in [-0.39, 0.29) is 18.3 Å². The van der Waals surface area contributed by atoms with E-state index in [2.05, 4.69) is 34.6 Å². The number of anilines is 1. The first-order valence-electron chi connectivity index (χ1n) is 11.1. The van der Waals surface area contributed by atoms with E-state index < -0.39 is 0 Å². The van der Waals surface area contributed by atoms with E-state index in [1.807, 2.05) is 47.0 Å². The van der Waals surface area contributed by atoms with Gasteiger partial charge in [-0.25, -0.2) is 0 Å². The summed E-state index contributed by atoms with van der Waals surface area (Å²) < 4.78 is 7.90. The molecule has 0 aliphatic rings.